The lowest BCUT2D eigenvalue weighted by Crippen LogP contribution is -2.41. The van der Waals surface area contributed by atoms with Crippen molar-refractivity contribution in [1.29, 1.82) is 0 Å². The molecule has 0 saturated carbocycles. The van der Waals surface area contributed by atoms with Gasteiger partial charge < -0.3 is 16.0 Å². The average Bonchev–Trinajstić information content (AvgIpc) is 2.52. The summed E-state index contributed by atoms with van der Waals surface area (Å²) in [6.45, 7) is 18.2. The second-order valence-electron chi connectivity index (χ2n) is 8.83. The molecule has 0 aliphatic rings. The maximum absolute atomic E-state index is 12.0. The Labute approximate surface area is 157 Å². The van der Waals surface area contributed by atoms with E-state index in [9.17, 15) is 4.79 Å². The standard InChI is InChI=1S/C21H45N3O/c1-8-13-24-21(6,7)12-11-20(25)23-15-14-22-19(5)10-9-18(4)16-17(2)3/h17-19,22,24H,8-16H2,1-7H3,(H,23,25). The molecule has 0 aliphatic heterocycles. The molecule has 0 aromatic heterocycles. The van der Waals surface area contributed by atoms with Crippen LogP contribution in [0.2, 0.25) is 0 Å². The molecule has 0 aliphatic carbocycles. The van der Waals surface area contributed by atoms with Crippen LogP contribution < -0.4 is 16.0 Å². The monoisotopic (exact) mass is 355 g/mol. The molecule has 0 aromatic carbocycles. The molecule has 0 bridgehead atoms. The molecule has 2 atom stereocenters. The number of rotatable bonds is 15. The van der Waals surface area contributed by atoms with E-state index in [4.69, 9.17) is 0 Å². The summed E-state index contributed by atoms with van der Waals surface area (Å²) in [5.41, 5.74) is 0.0345. The third-order valence-electron chi connectivity index (χ3n) is 4.74. The van der Waals surface area contributed by atoms with Crippen molar-refractivity contribution in [1.82, 2.24) is 16.0 Å². The van der Waals surface area contributed by atoms with Gasteiger partial charge in [0.2, 0.25) is 5.91 Å². The summed E-state index contributed by atoms with van der Waals surface area (Å²) in [6, 6.07) is 0.517. The number of carbonyl (C=O) groups is 1. The Morgan fingerprint density at radius 2 is 1.68 bits per heavy atom. The van der Waals surface area contributed by atoms with Crippen LogP contribution in [0.15, 0.2) is 0 Å². The Balaban J connectivity index is 3.70. The third-order valence-corrected chi connectivity index (χ3v) is 4.74. The van der Waals surface area contributed by atoms with Gasteiger partial charge in [0.05, 0.1) is 0 Å². The fraction of sp³-hybridized carbons (Fsp3) is 0.952. The topological polar surface area (TPSA) is 53.2 Å². The SMILES string of the molecule is CCCNC(C)(C)CCC(=O)NCCNC(C)CCC(C)CC(C)C. The predicted molar refractivity (Wildman–Crippen MR) is 110 cm³/mol. The molecule has 4 nitrogen and oxygen atoms in total. The quantitative estimate of drug-likeness (QED) is 0.388. The van der Waals surface area contributed by atoms with E-state index in [1.807, 2.05) is 0 Å². The number of hydrogen-bond donors (Lipinski definition) is 3. The second-order valence-corrected chi connectivity index (χ2v) is 8.83. The fourth-order valence-corrected chi connectivity index (χ4v) is 3.15. The van der Waals surface area contributed by atoms with Gasteiger partial charge in [-0.2, -0.15) is 0 Å². The summed E-state index contributed by atoms with van der Waals surface area (Å²) >= 11 is 0. The van der Waals surface area contributed by atoms with Gasteiger partial charge in [0.25, 0.3) is 0 Å². The van der Waals surface area contributed by atoms with Crippen LogP contribution in [-0.2, 0) is 4.79 Å². The molecule has 1 amide bonds. The van der Waals surface area contributed by atoms with Crippen molar-refractivity contribution in [2.75, 3.05) is 19.6 Å². The minimum Gasteiger partial charge on any atom is -0.355 e. The third kappa shape index (κ3) is 15.4. The minimum atomic E-state index is 0.0345. The summed E-state index contributed by atoms with van der Waals surface area (Å²) in [6.07, 6.45) is 6.38. The lowest BCUT2D eigenvalue weighted by Gasteiger charge is -2.26. The first-order valence-electron chi connectivity index (χ1n) is 10.4. The van der Waals surface area contributed by atoms with Crippen molar-refractivity contribution < 1.29 is 4.79 Å². The molecule has 0 saturated heterocycles. The molecular formula is C21H45N3O. The van der Waals surface area contributed by atoms with Crippen molar-refractivity contribution in [2.24, 2.45) is 11.8 Å². The minimum absolute atomic E-state index is 0.0345. The number of amides is 1. The van der Waals surface area contributed by atoms with Crippen molar-refractivity contribution >= 4 is 5.91 Å². The van der Waals surface area contributed by atoms with Crippen molar-refractivity contribution in [3.8, 4) is 0 Å². The zero-order chi connectivity index (χ0) is 19.3. The molecule has 0 rings (SSSR count). The highest BCUT2D eigenvalue weighted by molar-refractivity contribution is 5.75. The fourth-order valence-electron chi connectivity index (χ4n) is 3.15. The van der Waals surface area contributed by atoms with Gasteiger partial charge in [-0.15, -0.1) is 0 Å². The first-order chi connectivity index (χ1) is 11.7. The van der Waals surface area contributed by atoms with E-state index < -0.39 is 0 Å². The number of hydrogen-bond acceptors (Lipinski definition) is 3. The van der Waals surface area contributed by atoms with E-state index in [-0.39, 0.29) is 11.4 Å². The normalized spacial score (nSPS) is 14.6. The summed E-state index contributed by atoms with van der Waals surface area (Å²) in [5, 5.41) is 10.0. The molecule has 2 unspecified atom stereocenters. The van der Waals surface area contributed by atoms with Gasteiger partial charge in [0.15, 0.2) is 0 Å². The Morgan fingerprint density at radius 1 is 1.00 bits per heavy atom. The maximum atomic E-state index is 12.0. The summed E-state index contributed by atoms with van der Waals surface area (Å²) in [5.74, 6) is 1.75. The molecule has 4 heteroatoms. The van der Waals surface area contributed by atoms with E-state index in [2.05, 4.69) is 64.4 Å². The van der Waals surface area contributed by atoms with Crippen LogP contribution in [0.4, 0.5) is 0 Å². The zero-order valence-electron chi connectivity index (χ0n) is 18.0. The maximum Gasteiger partial charge on any atom is 0.220 e. The van der Waals surface area contributed by atoms with Crippen LogP contribution in [-0.4, -0.2) is 37.1 Å². The predicted octanol–water partition coefficient (Wildman–Crippen LogP) is 4.10. The average molecular weight is 356 g/mol. The van der Waals surface area contributed by atoms with Crippen molar-refractivity contribution in [3.05, 3.63) is 0 Å². The summed E-state index contributed by atoms with van der Waals surface area (Å²) < 4.78 is 0. The Kier molecular flexibility index (Phi) is 13.2. The van der Waals surface area contributed by atoms with Crippen molar-refractivity contribution in [2.45, 2.75) is 98.6 Å². The van der Waals surface area contributed by atoms with Crippen molar-refractivity contribution in [3.63, 3.8) is 0 Å². The van der Waals surface area contributed by atoms with Crippen LogP contribution in [0.5, 0.6) is 0 Å². The van der Waals surface area contributed by atoms with Crippen LogP contribution in [0.1, 0.15) is 87.0 Å². The van der Waals surface area contributed by atoms with Crippen LogP contribution in [0.3, 0.4) is 0 Å². The van der Waals surface area contributed by atoms with Crippen LogP contribution in [0.25, 0.3) is 0 Å². The smallest absolute Gasteiger partial charge is 0.220 e. The molecule has 0 heterocycles. The van der Waals surface area contributed by atoms with Crippen LogP contribution in [0, 0.1) is 11.8 Å². The molecule has 25 heavy (non-hydrogen) atoms. The highest BCUT2D eigenvalue weighted by atomic mass is 16.1. The molecule has 0 spiro atoms. The molecule has 0 fully saturated rings. The Hall–Kier alpha value is -0.610. The van der Waals surface area contributed by atoms with E-state index in [1.165, 1.54) is 19.3 Å². The second kappa shape index (κ2) is 13.6. The van der Waals surface area contributed by atoms with Gasteiger partial charge in [0, 0.05) is 31.1 Å². The summed E-state index contributed by atoms with van der Waals surface area (Å²) in [4.78, 5) is 12.0. The highest BCUT2D eigenvalue weighted by Gasteiger charge is 2.17. The Bertz CT molecular complexity index is 342. The van der Waals surface area contributed by atoms with Gasteiger partial charge in [-0.05, 0) is 71.3 Å². The van der Waals surface area contributed by atoms with E-state index in [0.717, 1.165) is 37.8 Å². The lowest BCUT2D eigenvalue weighted by atomic mass is 9.93. The van der Waals surface area contributed by atoms with Gasteiger partial charge >= 0.3 is 0 Å². The first-order valence-corrected chi connectivity index (χ1v) is 10.4. The summed E-state index contributed by atoms with van der Waals surface area (Å²) in [7, 11) is 0. The lowest BCUT2D eigenvalue weighted by molar-refractivity contribution is -0.121. The molecule has 0 radical (unpaired) electrons. The molecule has 0 aromatic rings. The van der Waals surface area contributed by atoms with E-state index in [0.29, 0.717) is 19.0 Å². The van der Waals surface area contributed by atoms with Gasteiger partial charge in [0.1, 0.15) is 0 Å². The van der Waals surface area contributed by atoms with E-state index in [1.54, 1.807) is 0 Å². The van der Waals surface area contributed by atoms with E-state index >= 15 is 0 Å². The van der Waals surface area contributed by atoms with Gasteiger partial charge in [-0.1, -0.05) is 27.7 Å². The Morgan fingerprint density at radius 3 is 2.28 bits per heavy atom. The number of carbonyl (C=O) groups excluding carboxylic acids is 1. The number of nitrogens with one attached hydrogen (secondary N) is 3. The zero-order valence-corrected chi connectivity index (χ0v) is 18.0. The highest BCUT2D eigenvalue weighted by Crippen LogP contribution is 2.17. The van der Waals surface area contributed by atoms with Crippen LogP contribution >= 0.6 is 0 Å². The largest absolute Gasteiger partial charge is 0.355 e. The molecular weight excluding hydrogens is 310 g/mol. The van der Waals surface area contributed by atoms with Gasteiger partial charge in [-0.3, -0.25) is 4.79 Å². The first kappa shape index (κ1) is 24.4. The molecule has 150 valence electrons. The van der Waals surface area contributed by atoms with Gasteiger partial charge in [-0.25, -0.2) is 0 Å². The molecule has 3 N–H and O–H groups in total.